The summed E-state index contributed by atoms with van der Waals surface area (Å²) in [5, 5.41) is 19.5. The fourth-order valence-electron chi connectivity index (χ4n) is 2.51. The van der Waals surface area contributed by atoms with E-state index in [9.17, 15) is 9.59 Å². The van der Waals surface area contributed by atoms with Crippen molar-refractivity contribution in [3.63, 3.8) is 0 Å². The molecule has 3 heterocycles. The van der Waals surface area contributed by atoms with Crippen LogP contribution in [0.1, 0.15) is 31.3 Å². The smallest absolute Gasteiger partial charge is 0.407 e. The van der Waals surface area contributed by atoms with Gasteiger partial charge in [0.25, 0.3) is 5.88 Å². The third-order valence-electron chi connectivity index (χ3n) is 3.88. The molecule has 10 nitrogen and oxygen atoms in total. The first-order valence-electron chi connectivity index (χ1n) is 8.72. The number of rotatable bonds is 3. The number of ether oxygens (including phenoxy) is 3. The van der Waals surface area contributed by atoms with Crippen LogP contribution in [0.25, 0.3) is 0 Å². The Balaban J connectivity index is 0.000000198. The first-order chi connectivity index (χ1) is 12.8. The minimum absolute atomic E-state index is 0.0333. The molecule has 0 unspecified atom stereocenters. The van der Waals surface area contributed by atoms with Gasteiger partial charge in [0.15, 0.2) is 12.0 Å². The van der Waals surface area contributed by atoms with Gasteiger partial charge in [-0.3, -0.25) is 4.79 Å². The molecule has 1 fully saturated rings. The summed E-state index contributed by atoms with van der Waals surface area (Å²) in [5.74, 6) is 0.838. The van der Waals surface area contributed by atoms with Crippen molar-refractivity contribution in [1.82, 2.24) is 20.4 Å². The highest BCUT2D eigenvalue weighted by molar-refractivity contribution is 5.72. The van der Waals surface area contributed by atoms with E-state index < -0.39 is 6.09 Å². The topological polar surface area (TPSA) is 123 Å². The number of fused-ring (bicyclic) bond motifs is 1. The van der Waals surface area contributed by atoms with Crippen LogP contribution < -0.4 is 14.8 Å². The lowest BCUT2D eigenvalue weighted by molar-refractivity contribution is -0.00844. The highest BCUT2D eigenvalue weighted by Gasteiger charge is 2.29. The van der Waals surface area contributed by atoms with Gasteiger partial charge in [-0.05, 0) is 20.8 Å². The zero-order valence-electron chi connectivity index (χ0n) is 15.8. The molecule has 2 N–H and O–H groups in total. The predicted octanol–water partition coefficient (Wildman–Crippen LogP) is 0.814. The minimum Gasteiger partial charge on any atom is -0.484 e. The number of hydrogen-bond donors (Lipinski definition) is 2. The number of nitrogens with one attached hydrogen (secondary N) is 1. The summed E-state index contributed by atoms with van der Waals surface area (Å²) in [4.78, 5) is 22.8. The summed E-state index contributed by atoms with van der Waals surface area (Å²) in [5.41, 5.74) is -0.133. The Kier molecular flexibility index (Phi) is 7.31. The lowest BCUT2D eigenvalue weighted by Crippen LogP contribution is -2.52. The molecule has 0 aliphatic carbocycles. The van der Waals surface area contributed by atoms with E-state index >= 15 is 0 Å². The van der Waals surface area contributed by atoms with Gasteiger partial charge in [-0.2, -0.15) is 0 Å². The van der Waals surface area contributed by atoms with Crippen molar-refractivity contribution >= 4 is 12.4 Å². The van der Waals surface area contributed by atoms with Crippen molar-refractivity contribution in [2.45, 2.75) is 32.4 Å². The Morgan fingerprint density at radius 3 is 2.67 bits per heavy atom. The number of carbonyl (C=O) groups is 2. The Hall–Kier alpha value is -2.46. The Morgan fingerprint density at radius 2 is 2.07 bits per heavy atom. The lowest BCUT2D eigenvalue weighted by Gasteiger charge is -2.36. The molecule has 1 saturated heterocycles. The van der Waals surface area contributed by atoms with E-state index in [1.54, 1.807) is 0 Å². The fraction of sp³-hybridized carbons (Fsp3) is 0.647. The minimum atomic E-state index is -0.892. The molecule has 1 amide bonds. The molecule has 1 aromatic rings. The average molecular weight is 382 g/mol. The second-order valence-electron chi connectivity index (χ2n) is 7.01. The van der Waals surface area contributed by atoms with Crippen LogP contribution >= 0.6 is 0 Å². The van der Waals surface area contributed by atoms with Crippen molar-refractivity contribution in [2.24, 2.45) is 0 Å². The number of carbonyl (C=O) groups excluding carboxylic acids is 1. The van der Waals surface area contributed by atoms with Crippen LogP contribution in [0.4, 0.5) is 4.79 Å². The first kappa shape index (κ1) is 20.8. The van der Waals surface area contributed by atoms with E-state index in [0.717, 1.165) is 13.1 Å². The summed E-state index contributed by atoms with van der Waals surface area (Å²) in [6, 6.07) is 1.51. The Morgan fingerprint density at radius 1 is 1.33 bits per heavy atom. The standard InChI is InChI=1S/C10H20N2O3.C7H6N2O3/c1-10(2,3)12(9(13)14)7-8-6-11-4-5-15-8;10-4-5-3-6-7(9-8-5)12-2-1-11-6/h8,11H,4-7H2,1-3H3,(H,13,14);3-4H,1-2H2/t8-;/m1./s1. The number of carboxylic acid groups (broad SMARTS) is 1. The zero-order chi connectivity index (χ0) is 19.9. The van der Waals surface area contributed by atoms with E-state index in [0.29, 0.717) is 44.3 Å². The molecule has 0 radical (unpaired) electrons. The third kappa shape index (κ3) is 6.33. The van der Waals surface area contributed by atoms with Crippen LogP contribution in [-0.4, -0.2) is 83.7 Å². The highest BCUT2D eigenvalue weighted by Crippen LogP contribution is 2.26. The van der Waals surface area contributed by atoms with E-state index in [2.05, 4.69) is 15.5 Å². The Labute approximate surface area is 157 Å². The lowest BCUT2D eigenvalue weighted by atomic mass is 10.1. The zero-order valence-corrected chi connectivity index (χ0v) is 15.8. The van der Waals surface area contributed by atoms with Gasteiger partial charge in [0.1, 0.15) is 18.9 Å². The predicted molar refractivity (Wildman–Crippen MR) is 95.5 cm³/mol. The van der Waals surface area contributed by atoms with Crippen LogP contribution in [0, 0.1) is 0 Å². The number of hydrogen-bond acceptors (Lipinski definition) is 8. The molecule has 1 atom stereocenters. The molecule has 0 spiro atoms. The van der Waals surface area contributed by atoms with E-state index in [1.807, 2.05) is 20.8 Å². The molecule has 27 heavy (non-hydrogen) atoms. The molecule has 1 aromatic heterocycles. The van der Waals surface area contributed by atoms with Gasteiger partial charge in [-0.1, -0.05) is 0 Å². The van der Waals surface area contributed by atoms with Gasteiger partial charge in [-0.15, -0.1) is 10.2 Å². The summed E-state index contributed by atoms with van der Waals surface area (Å²) in [6.45, 7) is 9.26. The second kappa shape index (κ2) is 9.47. The van der Waals surface area contributed by atoms with E-state index in [1.165, 1.54) is 11.0 Å². The van der Waals surface area contributed by atoms with Crippen LogP contribution in [0.3, 0.4) is 0 Å². The fourth-order valence-corrected chi connectivity index (χ4v) is 2.51. The maximum absolute atomic E-state index is 11.1. The van der Waals surface area contributed by atoms with Gasteiger partial charge in [0.05, 0.1) is 19.3 Å². The molecule has 2 aliphatic rings. The van der Waals surface area contributed by atoms with Crippen LogP contribution in [0.15, 0.2) is 6.07 Å². The summed E-state index contributed by atoms with van der Waals surface area (Å²) in [6.07, 6.45) is -0.309. The second-order valence-corrected chi connectivity index (χ2v) is 7.01. The molecule has 10 heteroatoms. The van der Waals surface area contributed by atoms with Gasteiger partial charge in [0, 0.05) is 24.7 Å². The largest absolute Gasteiger partial charge is 0.484 e. The number of nitrogens with zero attached hydrogens (tertiary/aromatic N) is 3. The van der Waals surface area contributed by atoms with Crippen molar-refractivity contribution in [3.05, 3.63) is 11.8 Å². The molecule has 0 saturated carbocycles. The third-order valence-corrected chi connectivity index (χ3v) is 3.88. The van der Waals surface area contributed by atoms with Gasteiger partial charge in [-0.25, -0.2) is 4.79 Å². The van der Waals surface area contributed by atoms with Crippen LogP contribution in [0.2, 0.25) is 0 Å². The van der Waals surface area contributed by atoms with Gasteiger partial charge in [0.2, 0.25) is 0 Å². The number of aldehydes is 1. The number of amides is 1. The molecular formula is C17H26N4O6. The molecule has 0 aromatic carbocycles. The summed E-state index contributed by atoms with van der Waals surface area (Å²) < 4.78 is 15.8. The number of morpholine rings is 1. The van der Waals surface area contributed by atoms with Crippen molar-refractivity contribution < 1.29 is 28.9 Å². The van der Waals surface area contributed by atoms with Crippen molar-refractivity contribution in [1.29, 1.82) is 0 Å². The molecule has 3 rings (SSSR count). The molecular weight excluding hydrogens is 356 g/mol. The van der Waals surface area contributed by atoms with Crippen LogP contribution in [-0.2, 0) is 4.74 Å². The SMILES string of the molecule is CC(C)(C)N(C[C@H]1CNCCO1)C(=O)O.O=Cc1cc2c(nn1)OCCO2. The normalized spacial score (nSPS) is 18.7. The van der Waals surface area contributed by atoms with Gasteiger partial charge < -0.3 is 29.5 Å². The van der Waals surface area contributed by atoms with Gasteiger partial charge >= 0.3 is 6.09 Å². The van der Waals surface area contributed by atoms with E-state index in [4.69, 9.17) is 19.3 Å². The molecule has 2 aliphatic heterocycles. The highest BCUT2D eigenvalue weighted by atomic mass is 16.6. The van der Waals surface area contributed by atoms with Crippen LogP contribution in [0.5, 0.6) is 11.6 Å². The van der Waals surface area contributed by atoms with Crippen molar-refractivity contribution in [3.8, 4) is 11.6 Å². The van der Waals surface area contributed by atoms with E-state index in [-0.39, 0.29) is 17.3 Å². The number of aromatic nitrogens is 2. The quantitative estimate of drug-likeness (QED) is 0.731. The van der Waals surface area contributed by atoms with Crippen molar-refractivity contribution in [2.75, 3.05) is 39.5 Å². The Bertz CT molecular complexity index is 643. The maximum Gasteiger partial charge on any atom is 0.407 e. The summed E-state index contributed by atoms with van der Waals surface area (Å²) >= 11 is 0. The monoisotopic (exact) mass is 382 g/mol. The summed E-state index contributed by atoms with van der Waals surface area (Å²) in [7, 11) is 0. The maximum atomic E-state index is 11.1. The first-order valence-corrected chi connectivity index (χ1v) is 8.72. The molecule has 150 valence electrons. The average Bonchev–Trinajstić information content (AvgIpc) is 2.66. The molecule has 0 bridgehead atoms.